The predicted octanol–water partition coefficient (Wildman–Crippen LogP) is 2.98. The molecule has 2 aromatic rings. The van der Waals surface area contributed by atoms with E-state index in [0.29, 0.717) is 17.7 Å². The van der Waals surface area contributed by atoms with Crippen molar-refractivity contribution in [2.24, 2.45) is 0 Å². The van der Waals surface area contributed by atoms with Gasteiger partial charge in [-0.3, -0.25) is 4.79 Å². The van der Waals surface area contributed by atoms with E-state index in [1.807, 2.05) is 55.4 Å². The molecule has 0 aromatic heterocycles. The largest absolute Gasteiger partial charge is 0.496 e. The standard InChI is InChI=1S/C16H19NO2/c1-17(2)11-10-14(18)16-13-7-5-4-6-12(13)8-9-15(16)19-3/h4-9H,10-11H2,1-3H3. The van der Waals surface area contributed by atoms with Crippen LogP contribution in [0.2, 0.25) is 0 Å². The van der Waals surface area contributed by atoms with Gasteiger partial charge in [0, 0.05) is 13.0 Å². The molecule has 0 N–H and O–H groups in total. The summed E-state index contributed by atoms with van der Waals surface area (Å²) in [5.41, 5.74) is 0.697. The van der Waals surface area contributed by atoms with Crippen molar-refractivity contribution in [1.29, 1.82) is 0 Å². The highest BCUT2D eigenvalue weighted by molar-refractivity contribution is 6.10. The molecule has 0 bridgehead atoms. The van der Waals surface area contributed by atoms with Crippen LogP contribution in [0.1, 0.15) is 16.8 Å². The zero-order valence-electron chi connectivity index (χ0n) is 11.6. The molecule has 0 radical (unpaired) electrons. The van der Waals surface area contributed by atoms with Crippen LogP contribution in [0.5, 0.6) is 5.75 Å². The second-order valence-corrected chi connectivity index (χ2v) is 4.84. The third kappa shape index (κ3) is 2.93. The zero-order chi connectivity index (χ0) is 13.8. The maximum absolute atomic E-state index is 12.4. The Labute approximate surface area is 113 Å². The summed E-state index contributed by atoms with van der Waals surface area (Å²) in [6.45, 7) is 0.741. The molecule has 0 amide bonds. The molecule has 0 spiro atoms. The van der Waals surface area contributed by atoms with Gasteiger partial charge in [-0.15, -0.1) is 0 Å². The van der Waals surface area contributed by atoms with Gasteiger partial charge in [0.1, 0.15) is 5.75 Å². The lowest BCUT2D eigenvalue weighted by atomic mass is 9.98. The van der Waals surface area contributed by atoms with Crippen molar-refractivity contribution in [3.8, 4) is 5.75 Å². The summed E-state index contributed by atoms with van der Waals surface area (Å²) in [6.07, 6.45) is 0.497. The molecule has 3 heteroatoms. The quantitative estimate of drug-likeness (QED) is 0.771. The van der Waals surface area contributed by atoms with E-state index in [1.54, 1.807) is 7.11 Å². The Morgan fingerprint density at radius 3 is 2.58 bits per heavy atom. The molecule has 0 saturated heterocycles. The van der Waals surface area contributed by atoms with Gasteiger partial charge in [-0.1, -0.05) is 30.3 Å². The Hall–Kier alpha value is -1.87. The summed E-state index contributed by atoms with van der Waals surface area (Å²) in [7, 11) is 5.54. The average Bonchev–Trinajstić information content (AvgIpc) is 2.43. The van der Waals surface area contributed by atoms with E-state index in [9.17, 15) is 4.79 Å². The molecule has 0 heterocycles. The number of ether oxygens (including phenoxy) is 1. The van der Waals surface area contributed by atoms with Gasteiger partial charge >= 0.3 is 0 Å². The van der Waals surface area contributed by atoms with Crippen LogP contribution in [0.3, 0.4) is 0 Å². The van der Waals surface area contributed by atoms with Crippen LogP contribution in [0.15, 0.2) is 36.4 Å². The minimum Gasteiger partial charge on any atom is -0.496 e. The van der Waals surface area contributed by atoms with Crippen molar-refractivity contribution in [2.75, 3.05) is 27.7 Å². The first-order chi connectivity index (χ1) is 9.13. The van der Waals surface area contributed by atoms with Crippen LogP contribution in [0.25, 0.3) is 10.8 Å². The normalized spacial score (nSPS) is 10.9. The first-order valence-electron chi connectivity index (χ1n) is 6.37. The molecule has 0 aliphatic heterocycles. The van der Waals surface area contributed by atoms with Gasteiger partial charge in [0.15, 0.2) is 5.78 Å². The Morgan fingerprint density at radius 2 is 1.89 bits per heavy atom. The zero-order valence-corrected chi connectivity index (χ0v) is 11.6. The van der Waals surface area contributed by atoms with Crippen LogP contribution in [0.4, 0.5) is 0 Å². The van der Waals surface area contributed by atoms with Gasteiger partial charge < -0.3 is 9.64 Å². The van der Waals surface area contributed by atoms with Gasteiger partial charge in [-0.05, 0) is 30.9 Å². The van der Waals surface area contributed by atoms with E-state index in [1.165, 1.54) is 0 Å². The first-order valence-corrected chi connectivity index (χ1v) is 6.37. The van der Waals surface area contributed by atoms with Gasteiger partial charge in [0.2, 0.25) is 0 Å². The lowest BCUT2D eigenvalue weighted by Gasteiger charge is -2.13. The molecular weight excluding hydrogens is 238 g/mol. The van der Waals surface area contributed by atoms with E-state index in [0.717, 1.165) is 17.3 Å². The second kappa shape index (κ2) is 5.85. The fraction of sp³-hybridized carbons (Fsp3) is 0.312. The summed E-state index contributed by atoms with van der Waals surface area (Å²) in [5, 5.41) is 2.03. The molecule has 3 nitrogen and oxygen atoms in total. The molecule has 2 rings (SSSR count). The molecule has 0 aliphatic rings. The number of carbonyl (C=O) groups excluding carboxylic acids is 1. The number of benzene rings is 2. The van der Waals surface area contributed by atoms with Crippen LogP contribution < -0.4 is 4.74 Å². The molecule has 0 unspecified atom stereocenters. The SMILES string of the molecule is COc1ccc2ccccc2c1C(=O)CCN(C)C. The van der Waals surface area contributed by atoms with Crippen molar-refractivity contribution in [1.82, 2.24) is 4.90 Å². The Balaban J connectivity index is 2.46. The summed E-state index contributed by atoms with van der Waals surface area (Å²) >= 11 is 0. The van der Waals surface area contributed by atoms with Gasteiger partial charge in [0.05, 0.1) is 12.7 Å². The third-order valence-corrected chi connectivity index (χ3v) is 3.18. The Kier molecular flexibility index (Phi) is 4.17. The minimum atomic E-state index is 0.127. The molecule has 100 valence electrons. The summed E-state index contributed by atoms with van der Waals surface area (Å²) in [6, 6.07) is 11.8. The van der Waals surface area contributed by atoms with Crippen molar-refractivity contribution in [2.45, 2.75) is 6.42 Å². The lowest BCUT2D eigenvalue weighted by Crippen LogP contribution is -2.17. The van der Waals surface area contributed by atoms with E-state index < -0.39 is 0 Å². The minimum absolute atomic E-state index is 0.127. The van der Waals surface area contributed by atoms with Crippen LogP contribution in [0, 0.1) is 0 Å². The van der Waals surface area contributed by atoms with Crippen molar-refractivity contribution >= 4 is 16.6 Å². The van der Waals surface area contributed by atoms with Gasteiger partial charge in [0.25, 0.3) is 0 Å². The monoisotopic (exact) mass is 257 g/mol. The molecule has 0 fully saturated rings. The molecule has 2 aromatic carbocycles. The lowest BCUT2D eigenvalue weighted by molar-refractivity contribution is 0.0971. The molecule has 0 saturated carbocycles. The third-order valence-electron chi connectivity index (χ3n) is 3.18. The maximum Gasteiger partial charge on any atom is 0.168 e. The smallest absolute Gasteiger partial charge is 0.168 e. The fourth-order valence-electron chi connectivity index (χ4n) is 2.16. The highest BCUT2D eigenvalue weighted by atomic mass is 16.5. The summed E-state index contributed by atoms with van der Waals surface area (Å²) < 4.78 is 5.35. The maximum atomic E-state index is 12.4. The average molecular weight is 257 g/mol. The van der Waals surface area contributed by atoms with Crippen molar-refractivity contribution in [3.05, 3.63) is 42.0 Å². The van der Waals surface area contributed by atoms with E-state index >= 15 is 0 Å². The van der Waals surface area contributed by atoms with E-state index in [-0.39, 0.29) is 5.78 Å². The van der Waals surface area contributed by atoms with Crippen molar-refractivity contribution < 1.29 is 9.53 Å². The molecule has 0 aliphatic carbocycles. The Bertz CT molecular complexity index is 590. The number of ketones is 1. The number of rotatable bonds is 5. The summed E-state index contributed by atoms with van der Waals surface area (Å²) in [5.74, 6) is 0.782. The summed E-state index contributed by atoms with van der Waals surface area (Å²) in [4.78, 5) is 14.4. The number of hydrogen-bond acceptors (Lipinski definition) is 3. The van der Waals surface area contributed by atoms with Gasteiger partial charge in [-0.25, -0.2) is 0 Å². The van der Waals surface area contributed by atoms with Crippen LogP contribution in [-0.4, -0.2) is 38.4 Å². The number of nitrogens with zero attached hydrogens (tertiary/aromatic N) is 1. The molecule has 0 atom stereocenters. The first kappa shape index (κ1) is 13.6. The van der Waals surface area contributed by atoms with Gasteiger partial charge in [-0.2, -0.15) is 0 Å². The highest BCUT2D eigenvalue weighted by Crippen LogP contribution is 2.29. The molecule has 19 heavy (non-hydrogen) atoms. The highest BCUT2D eigenvalue weighted by Gasteiger charge is 2.15. The Morgan fingerprint density at radius 1 is 1.16 bits per heavy atom. The van der Waals surface area contributed by atoms with Crippen LogP contribution in [-0.2, 0) is 0 Å². The fourth-order valence-corrected chi connectivity index (χ4v) is 2.16. The van der Waals surface area contributed by atoms with Crippen molar-refractivity contribution in [3.63, 3.8) is 0 Å². The number of hydrogen-bond donors (Lipinski definition) is 0. The second-order valence-electron chi connectivity index (χ2n) is 4.84. The molecular formula is C16H19NO2. The number of Topliss-reactive ketones (excluding diaryl/α,β-unsaturated/α-hetero) is 1. The van der Waals surface area contributed by atoms with Crippen LogP contribution >= 0.6 is 0 Å². The van der Waals surface area contributed by atoms with E-state index in [2.05, 4.69) is 0 Å². The number of carbonyl (C=O) groups is 1. The number of methoxy groups -OCH3 is 1. The van der Waals surface area contributed by atoms with E-state index in [4.69, 9.17) is 4.74 Å². The predicted molar refractivity (Wildman–Crippen MR) is 78.0 cm³/mol. The number of fused-ring (bicyclic) bond motifs is 1. The topological polar surface area (TPSA) is 29.5 Å².